The molecule has 1 aliphatic rings. The second-order valence-electron chi connectivity index (χ2n) is 6.04. The molecule has 1 fully saturated rings. The lowest BCUT2D eigenvalue weighted by Crippen LogP contribution is -2.47. The van der Waals surface area contributed by atoms with E-state index in [4.69, 9.17) is 4.74 Å². The van der Waals surface area contributed by atoms with E-state index in [1.54, 1.807) is 11.3 Å². The van der Waals surface area contributed by atoms with Gasteiger partial charge in [0.2, 0.25) is 0 Å². The van der Waals surface area contributed by atoms with Gasteiger partial charge in [-0.1, -0.05) is 26.2 Å². The molecule has 1 saturated carbocycles. The van der Waals surface area contributed by atoms with Crippen LogP contribution in [0.25, 0.3) is 0 Å². The maximum Gasteiger partial charge on any atom is 0.0897 e. The average Bonchev–Trinajstić information content (AvgIpc) is 2.90. The minimum Gasteiger partial charge on any atom is -0.377 e. The van der Waals surface area contributed by atoms with Crippen LogP contribution in [0.4, 0.5) is 0 Å². The molecule has 2 atom stereocenters. The molecule has 3 nitrogen and oxygen atoms in total. The van der Waals surface area contributed by atoms with E-state index in [-0.39, 0.29) is 0 Å². The summed E-state index contributed by atoms with van der Waals surface area (Å²) in [5.74, 6) is 0.711. The Morgan fingerprint density at radius 1 is 1.33 bits per heavy atom. The van der Waals surface area contributed by atoms with Crippen LogP contribution in [-0.2, 0) is 11.2 Å². The van der Waals surface area contributed by atoms with Crippen LogP contribution >= 0.6 is 11.3 Å². The first-order chi connectivity index (χ1) is 10.2. The van der Waals surface area contributed by atoms with Crippen molar-refractivity contribution in [1.29, 1.82) is 0 Å². The monoisotopic (exact) mass is 310 g/mol. The van der Waals surface area contributed by atoms with Crippen molar-refractivity contribution in [2.24, 2.45) is 5.92 Å². The van der Waals surface area contributed by atoms with Crippen molar-refractivity contribution in [2.75, 3.05) is 13.2 Å². The molecule has 120 valence electrons. The maximum absolute atomic E-state index is 6.19. The van der Waals surface area contributed by atoms with Crippen molar-refractivity contribution >= 4 is 11.3 Å². The molecule has 21 heavy (non-hydrogen) atoms. The number of ether oxygens (including phenoxy) is 1. The van der Waals surface area contributed by atoms with Gasteiger partial charge < -0.3 is 10.1 Å². The molecule has 1 N–H and O–H groups in total. The lowest BCUT2D eigenvalue weighted by Gasteiger charge is -2.36. The van der Waals surface area contributed by atoms with Gasteiger partial charge in [0.25, 0.3) is 0 Å². The summed E-state index contributed by atoms with van der Waals surface area (Å²) >= 11 is 1.75. The summed E-state index contributed by atoms with van der Waals surface area (Å²) in [7, 11) is 0. The number of rotatable bonds is 8. The molecule has 0 aliphatic heterocycles. The summed E-state index contributed by atoms with van der Waals surface area (Å²) in [5, 5.41) is 7.02. The normalized spacial score (nSPS) is 19.6. The van der Waals surface area contributed by atoms with Gasteiger partial charge >= 0.3 is 0 Å². The third-order valence-electron chi connectivity index (χ3n) is 4.43. The van der Waals surface area contributed by atoms with E-state index in [1.807, 2.05) is 0 Å². The van der Waals surface area contributed by atoms with Crippen molar-refractivity contribution < 1.29 is 4.74 Å². The lowest BCUT2D eigenvalue weighted by molar-refractivity contribution is -0.0173. The summed E-state index contributed by atoms with van der Waals surface area (Å²) in [6, 6.07) is 0.388. The molecule has 0 aromatic carbocycles. The Balaban J connectivity index is 2.06. The van der Waals surface area contributed by atoms with E-state index >= 15 is 0 Å². The highest BCUT2D eigenvalue weighted by atomic mass is 32.1. The van der Waals surface area contributed by atoms with Gasteiger partial charge in [-0.15, -0.1) is 11.3 Å². The van der Waals surface area contributed by atoms with Crippen LogP contribution in [0.1, 0.15) is 56.7 Å². The number of nitrogens with zero attached hydrogens (tertiary/aromatic N) is 1. The van der Waals surface area contributed by atoms with Crippen LogP contribution in [0.2, 0.25) is 0 Å². The summed E-state index contributed by atoms with van der Waals surface area (Å²) in [6.45, 7) is 8.18. The predicted molar refractivity (Wildman–Crippen MR) is 90.0 cm³/mol. The van der Waals surface area contributed by atoms with Crippen molar-refractivity contribution in [3.05, 3.63) is 16.1 Å². The van der Waals surface area contributed by atoms with Gasteiger partial charge in [-0.3, -0.25) is 0 Å². The van der Waals surface area contributed by atoms with Gasteiger partial charge in [0.1, 0.15) is 0 Å². The fourth-order valence-corrected chi connectivity index (χ4v) is 4.16. The first kappa shape index (κ1) is 16.9. The van der Waals surface area contributed by atoms with Crippen LogP contribution in [0.5, 0.6) is 0 Å². The Morgan fingerprint density at radius 3 is 2.67 bits per heavy atom. The molecule has 0 radical (unpaired) electrons. The van der Waals surface area contributed by atoms with E-state index in [2.05, 4.69) is 36.5 Å². The van der Waals surface area contributed by atoms with Crippen LogP contribution in [0.3, 0.4) is 0 Å². The van der Waals surface area contributed by atoms with Crippen LogP contribution < -0.4 is 5.32 Å². The Morgan fingerprint density at radius 2 is 2.10 bits per heavy atom. The first-order valence-corrected chi connectivity index (χ1v) is 9.38. The molecule has 0 bridgehead atoms. The Hall–Kier alpha value is -0.450. The smallest absolute Gasteiger partial charge is 0.0897 e. The van der Waals surface area contributed by atoms with Crippen LogP contribution in [0, 0.1) is 12.8 Å². The van der Waals surface area contributed by atoms with Crippen molar-refractivity contribution in [3.63, 3.8) is 0 Å². The van der Waals surface area contributed by atoms with Crippen LogP contribution in [-0.4, -0.2) is 30.3 Å². The zero-order valence-electron chi connectivity index (χ0n) is 13.7. The highest BCUT2D eigenvalue weighted by molar-refractivity contribution is 7.09. The zero-order chi connectivity index (χ0) is 15.1. The second-order valence-corrected chi connectivity index (χ2v) is 7.11. The quantitative estimate of drug-likeness (QED) is 0.789. The van der Waals surface area contributed by atoms with Gasteiger partial charge in [0.15, 0.2) is 0 Å². The van der Waals surface area contributed by atoms with Gasteiger partial charge in [-0.2, -0.15) is 0 Å². The SMILES string of the molecule is CCNC(Cc1csc(C)n1)C(OCC)C1CCCCC1. The third kappa shape index (κ3) is 5.04. The van der Waals surface area contributed by atoms with E-state index in [0.29, 0.717) is 18.1 Å². The number of thiazole rings is 1. The maximum atomic E-state index is 6.19. The molecule has 1 aromatic heterocycles. The molecule has 0 spiro atoms. The fraction of sp³-hybridized carbons (Fsp3) is 0.824. The van der Waals surface area contributed by atoms with Gasteiger partial charge in [0, 0.05) is 24.4 Å². The summed E-state index contributed by atoms with van der Waals surface area (Å²) < 4.78 is 6.19. The van der Waals surface area contributed by atoms with Gasteiger partial charge in [-0.05, 0) is 39.2 Å². The molecular formula is C17H30N2OS. The second kappa shape index (κ2) is 8.86. The molecule has 1 heterocycles. The molecule has 0 saturated heterocycles. The summed E-state index contributed by atoms with van der Waals surface area (Å²) in [4.78, 5) is 4.64. The van der Waals surface area contributed by atoms with Gasteiger partial charge in [-0.25, -0.2) is 4.98 Å². The number of aromatic nitrogens is 1. The Labute approximate surface area is 133 Å². The summed E-state index contributed by atoms with van der Waals surface area (Å²) in [5.41, 5.74) is 1.21. The lowest BCUT2D eigenvalue weighted by atomic mass is 9.81. The topological polar surface area (TPSA) is 34.2 Å². The Bertz CT molecular complexity index is 401. The molecule has 4 heteroatoms. The third-order valence-corrected chi connectivity index (χ3v) is 5.25. The number of hydrogen-bond acceptors (Lipinski definition) is 4. The average molecular weight is 311 g/mol. The van der Waals surface area contributed by atoms with Crippen LogP contribution in [0.15, 0.2) is 5.38 Å². The molecule has 2 unspecified atom stereocenters. The highest BCUT2D eigenvalue weighted by Gasteiger charge is 2.31. The van der Waals surface area contributed by atoms with Crippen molar-refractivity contribution in [1.82, 2.24) is 10.3 Å². The zero-order valence-corrected chi connectivity index (χ0v) is 14.5. The number of hydrogen-bond donors (Lipinski definition) is 1. The number of nitrogens with one attached hydrogen (secondary N) is 1. The summed E-state index contributed by atoms with van der Waals surface area (Å²) in [6.07, 6.45) is 8.08. The molecule has 1 aromatic rings. The minimum absolute atomic E-state index is 0.331. The molecular weight excluding hydrogens is 280 g/mol. The molecule has 2 rings (SSSR count). The standard InChI is InChI=1S/C17H30N2OS/c1-4-18-16(11-15-12-21-13(3)19-15)17(20-5-2)14-9-7-6-8-10-14/h12,14,16-18H,4-11H2,1-3H3. The largest absolute Gasteiger partial charge is 0.377 e. The number of aryl methyl sites for hydroxylation is 1. The highest BCUT2D eigenvalue weighted by Crippen LogP contribution is 2.30. The van der Waals surface area contributed by atoms with Crippen molar-refractivity contribution in [3.8, 4) is 0 Å². The van der Waals surface area contributed by atoms with E-state index in [0.717, 1.165) is 24.6 Å². The van der Waals surface area contributed by atoms with E-state index in [9.17, 15) is 0 Å². The minimum atomic E-state index is 0.331. The van der Waals surface area contributed by atoms with E-state index < -0.39 is 0 Å². The first-order valence-electron chi connectivity index (χ1n) is 8.50. The van der Waals surface area contributed by atoms with Crippen molar-refractivity contribution in [2.45, 2.75) is 71.4 Å². The van der Waals surface area contributed by atoms with E-state index in [1.165, 1.54) is 37.8 Å². The van der Waals surface area contributed by atoms with Gasteiger partial charge in [0.05, 0.1) is 16.8 Å². The fourth-order valence-electron chi connectivity index (χ4n) is 3.53. The molecule has 0 amide bonds. The molecule has 1 aliphatic carbocycles. The Kier molecular flexibility index (Phi) is 7.14. The number of likely N-dealkylation sites (N-methyl/N-ethyl adjacent to an activating group) is 1. The predicted octanol–water partition coefficient (Wildman–Crippen LogP) is 3.96.